The van der Waals surface area contributed by atoms with Gasteiger partial charge < -0.3 is 0 Å². The molecule has 0 atom stereocenters. The highest BCUT2D eigenvalue weighted by Gasteiger charge is 1.94. The third kappa shape index (κ3) is 1.71. The van der Waals surface area contributed by atoms with E-state index in [4.69, 9.17) is 22.7 Å². The molecule has 0 heterocycles. The minimum absolute atomic E-state index is 0.597. The van der Waals surface area contributed by atoms with Crippen molar-refractivity contribution in [3.05, 3.63) is 29.3 Å². The van der Waals surface area contributed by atoms with Crippen molar-refractivity contribution >= 4 is 36.7 Å². The second-order valence-corrected chi connectivity index (χ2v) is 3.96. The Hall–Kier alpha value is 0.0169. The fourth-order valence-electron chi connectivity index (χ4n) is 0.607. The van der Waals surface area contributed by atoms with Crippen LogP contribution in [0.5, 0.6) is 0 Å². The Bertz CT molecular complexity index is 200. The molecule has 0 spiro atoms. The van der Waals surface area contributed by atoms with Crippen molar-refractivity contribution in [1.82, 2.24) is 0 Å². The van der Waals surface area contributed by atoms with E-state index >= 15 is 0 Å². The zero-order valence-electron chi connectivity index (χ0n) is 4.77. The van der Waals surface area contributed by atoms with Crippen LogP contribution in [0.2, 0.25) is 5.02 Å². The summed E-state index contributed by atoms with van der Waals surface area (Å²) in [7, 11) is -0.597. The topological polar surface area (TPSA) is 0 Å². The molecule has 0 unspecified atom stereocenters. The maximum atomic E-state index is 5.77. The largest absolute Gasteiger partial charge is 0.170 e. The first-order chi connectivity index (χ1) is 4.34. The Morgan fingerprint density at radius 2 is 1.89 bits per heavy atom. The van der Waals surface area contributed by atoms with Crippen LogP contribution >= 0.6 is 22.7 Å². The Morgan fingerprint density at radius 1 is 1.22 bits per heavy atom. The quantitative estimate of drug-likeness (QED) is 0.448. The Kier molecular flexibility index (Phi) is 2.58. The van der Waals surface area contributed by atoms with Gasteiger partial charge in [0.2, 0.25) is 0 Å². The summed E-state index contributed by atoms with van der Waals surface area (Å²) in [4.78, 5) is 0. The summed E-state index contributed by atoms with van der Waals surface area (Å²) < 4.78 is 0. The van der Waals surface area contributed by atoms with Gasteiger partial charge in [-0.2, -0.15) is 11.1 Å². The summed E-state index contributed by atoms with van der Waals surface area (Å²) >= 11 is 11.5. The van der Waals surface area contributed by atoms with Gasteiger partial charge in [0.15, 0.2) is 8.83 Å². The maximum Gasteiger partial charge on any atom is 0.157 e. The number of hydrogen-bond donors (Lipinski definition) is 0. The van der Waals surface area contributed by atoms with Crippen molar-refractivity contribution in [1.29, 1.82) is 0 Å². The summed E-state index contributed by atoms with van der Waals surface area (Å²) in [5.74, 6) is 0. The zero-order chi connectivity index (χ0) is 6.69. The van der Waals surface area contributed by atoms with Gasteiger partial charge in [-0.15, -0.1) is 0 Å². The molecular weight excluding hydrogens is 171 g/mol. The SMILES string of the molecule is Cl[SiH2]c1ccccc1Cl. The van der Waals surface area contributed by atoms with Crippen LogP contribution < -0.4 is 5.19 Å². The molecule has 1 aromatic rings. The Morgan fingerprint density at radius 3 is 2.33 bits per heavy atom. The van der Waals surface area contributed by atoms with Crippen LogP contribution in [0.3, 0.4) is 0 Å². The summed E-state index contributed by atoms with van der Waals surface area (Å²) in [6.07, 6.45) is 0. The highest BCUT2D eigenvalue weighted by Crippen LogP contribution is 2.02. The Balaban J connectivity index is 3.01. The first kappa shape index (κ1) is 7.13. The molecule has 0 aliphatic rings. The maximum absolute atomic E-state index is 5.77. The fraction of sp³-hybridized carbons (Fsp3) is 0. The third-order valence-corrected chi connectivity index (χ3v) is 3.46. The van der Waals surface area contributed by atoms with Crippen LogP contribution in [0.1, 0.15) is 0 Å². The molecule has 1 aromatic carbocycles. The van der Waals surface area contributed by atoms with E-state index in [9.17, 15) is 0 Å². The molecule has 0 N–H and O–H groups in total. The lowest BCUT2D eigenvalue weighted by Gasteiger charge is -1.94. The van der Waals surface area contributed by atoms with Gasteiger partial charge in [-0.1, -0.05) is 29.8 Å². The summed E-state index contributed by atoms with van der Waals surface area (Å²) in [5, 5.41) is 1.93. The van der Waals surface area contributed by atoms with E-state index in [1.807, 2.05) is 24.3 Å². The minimum atomic E-state index is -0.597. The van der Waals surface area contributed by atoms with Crippen molar-refractivity contribution in [2.45, 2.75) is 0 Å². The van der Waals surface area contributed by atoms with Gasteiger partial charge in [-0.25, -0.2) is 0 Å². The van der Waals surface area contributed by atoms with Crippen LogP contribution in [-0.2, 0) is 0 Å². The third-order valence-electron chi connectivity index (χ3n) is 1.10. The summed E-state index contributed by atoms with van der Waals surface area (Å²) in [5.41, 5.74) is 0. The molecule has 0 bridgehead atoms. The predicted molar refractivity (Wildman–Crippen MR) is 45.5 cm³/mol. The molecule has 1 rings (SSSR count). The van der Waals surface area contributed by atoms with Crippen molar-refractivity contribution < 1.29 is 0 Å². The molecule has 0 saturated carbocycles. The van der Waals surface area contributed by atoms with E-state index in [2.05, 4.69) is 0 Å². The van der Waals surface area contributed by atoms with Crippen molar-refractivity contribution in [3.8, 4) is 0 Å². The number of benzene rings is 1. The highest BCUT2D eigenvalue weighted by atomic mass is 35.6. The van der Waals surface area contributed by atoms with E-state index in [0.717, 1.165) is 10.2 Å². The number of rotatable bonds is 1. The average molecular weight is 177 g/mol. The van der Waals surface area contributed by atoms with Crippen LogP contribution in [-0.4, -0.2) is 8.83 Å². The van der Waals surface area contributed by atoms with Gasteiger partial charge in [0.1, 0.15) is 0 Å². The van der Waals surface area contributed by atoms with Crippen molar-refractivity contribution in [3.63, 3.8) is 0 Å². The first-order valence-electron chi connectivity index (χ1n) is 2.64. The van der Waals surface area contributed by atoms with Gasteiger partial charge in [0, 0.05) is 5.02 Å². The van der Waals surface area contributed by atoms with E-state index in [1.54, 1.807) is 0 Å². The summed E-state index contributed by atoms with van der Waals surface area (Å²) in [6.45, 7) is 0. The first-order valence-corrected chi connectivity index (χ1v) is 5.86. The highest BCUT2D eigenvalue weighted by molar-refractivity contribution is 7.02. The van der Waals surface area contributed by atoms with Gasteiger partial charge in [0.05, 0.1) is 0 Å². The lowest BCUT2D eigenvalue weighted by atomic mass is 10.4. The van der Waals surface area contributed by atoms with Crippen LogP contribution in [0.4, 0.5) is 0 Å². The van der Waals surface area contributed by atoms with Crippen LogP contribution in [0, 0.1) is 0 Å². The molecule has 0 nitrogen and oxygen atoms in total. The smallest absolute Gasteiger partial charge is 0.157 e. The molecule has 0 aliphatic heterocycles. The minimum Gasteiger partial charge on any atom is -0.170 e. The molecule has 0 amide bonds. The van der Waals surface area contributed by atoms with Gasteiger partial charge >= 0.3 is 0 Å². The molecule has 9 heavy (non-hydrogen) atoms. The summed E-state index contributed by atoms with van der Waals surface area (Å²) in [6, 6.07) is 7.71. The average Bonchev–Trinajstić information content (AvgIpc) is 1.89. The number of hydrogen-bond acceptors (Lipinski definition) is 0. The standard InChI is InChI=1S/C6H6Cl2Si/c7-5-3-1-2-4-6(5)9-8/h1-4H,9H2. The van der Waals surface area contributed by atoms with Crippen molar-refractivity contribution in [2.24, 2.45) is 0 Å². The lowest BCUT2D eigenvalue weighted by molar-refractivity contribution is 1.77. The fourth-order valence-corrected chi connectivity index (χ4v) is 2.32. The van der Waals surface area contributed by atoms with Gasteiger partial charge in [-0.05, 0) is 11.3 Å². The Labute approximate surface area is 66.3 Å². The van der Waals surface area contributed by atoms with E-state index < -0.39 is 8.83 Å². The van der Waals surface area contributed by atoms with Crippen molar-refractivity contribution in [2.75, 3.05) is 0 Å². The second kappa shape index (κ2) is 3.25. The predicted octanol–water partition coefficient (Wildman–Crippen LogP) is 1.29. The van der Waals surface area contributed by atoms with Crippen LogP contribution in [0.25, 0.3) is 0 Å². The molecule has 48 valence electrons. The number of halogens is 2. The van der Waals surface area contributed by atoms with E-state index in [-0.39, 0.29) is 0 Å². The van der Waals surface area contributed by atoms with Gasteiger partial charge in [-0.3, -0.25) is 0 Å². The molecule has 0 fully saturated rings. The molecule has 0 radical (unpaired) electrons. The zero-order valence-corrected chi connectivity index (χ0v) is 7.70. The van der Waals surface area contributed by atoms with Gasteiger partial charge in [0.25, 0.3) is 0 Å². The molecule has 0 saturated heterocycles. The lowest BCUT2D eigenvalue weighted by Crippen LogP contribution is -2.08. The second-order valence-electron chi connectivity index (χ2n) is 1.73. The monoisotopic (exact) mass is 176 g/mol. The molecule has 0 aliphatic carbocycles. The van der Waals surface area contributed by atoms with E-state index in [0.29, 0.717) is 0 Å². The molecular formula is C6H6Cl2Si. The normalized spacial score (nSPS) is 10.9. The molecule has 0 aromatic heterocycles. The van der Waals surface area contributed by atoms with E-state index in [1.165, 1.54) is 0 Å². The molecule has 3 heteroatoms. The van der Waals surface area contributed by atoms with Crippen LogP contribution in [0.15, 0.2) is 24.3 Å².